The molecule has 0 unspecified atom stereocenters. The van der Waals surface area contributed by atoms with Gasteiger partial charge in [-0.2, -0.15) is 4.37 Å². The zero-order valence-corrected chi connectivity index (χ0v) is 11.0. The summed E-state index contributed by atoms with van der Waals surface area (Å²) in [4.78, 5) is 4.18. The molecule has 16 heavy (non-hydrogen) atoms. The average molecular weight is 261 g/mol. The van der Waals surface area contributed by atoms with Crippen LogP contribution in [-0.2, 0) is 9.84 Å². The average Bonchev–Trinajstić information content (AvgIpc) is 2.75. The third-order valence-electron chi connectivity index (χ3n) is 2.67. The Kier molecular flexibility index (Phi) is 2.91. The summed E-state index contributed by atoms with van der Waals surface area (Å²) >= 11 is 1.31. The Morgan fingerprint density at radius 1 is 1.50 bits per heavy atom. The van der Waals surface area contributed by atoms with Gasteiger partial charge in [-0.3, -0.25) is 0 Å². The van der Waals surface area contributed by atoms with Crippen LogP contribution in [-0.4, -0.2) is 36.3 Å². The van der Waals surface area contributed by atoms with Gasteiger partial charge in [0.1, 0.15) is 15.7 Å². The van der Waals surface area contributed by atoms with E-state index in [0.29, 0.717) is 6.54 Å². The van der Waals surface area contributed by atoms with Crippen molar-refractivity contribution in [2.75, 3.05) is 23.9 Å². The highest BCUT2D eigenvalue weighted by molar-refractivity contribution is 7.90. The Morgan fingerprint density at radius 2 is 2.19 bits per heavy atom. The minimum atomic E-state index is -2.89. The summed E-state index contributed by atoms with van der Waals surface area (Å²) in [7, 11) is -2.89. The predicted octanol–water partition coefficient (Wildman–Crippen LogP) is 1.08. The molecule has 5 nitrogen and oxygen atoms in total. The van der Waals surface area contributed by atoms with Crippen LogP contribution < -0.4 is 5.32 Å². The van der Waals surface area contributed by atoms with Gasteiger partial charge < -0.3 is 5.32 Å². The lowest BCUT2D eigenvalue weighted by molar-refractivity contribution is 0.561. The Hall–Kier alpha value is -0.690. The van der Waals surface area contributed by atoms with Crippen LogP contribution in [0, 0.1) is 12.3 Å². The lowest BCUT2D eigenvalue weighted by Gasteiger charge is -2.13. The normalized spacial score (nSPS) is 18.4. The van der Waals surface area contributed by atoms with E-state index in [4.69, 9.17) is 0 Å². The maximum atomic E-state index is 11.2. The minimum absolute atomic E-state index is 0.0623. The highest BCUT2D eigenvalue weighted by atomic mass is 32.2. The molecule has 1 aromatic rings. The lowest BCUT2D eigenvalue weighted by Crippen LogP contribution is -2.24. The summed E-state index contributed by atoms with van der Waals surface area (Å²) < 4.78 is 26.6. The predicted molar refractivity (Wildman–Crippen MR) is 64.5 cm³/mol. The number of nitrogens with one attached hydrogen (secondary N) is 1. The fraction of sp³-hybridized carbons (Fsp3) is 0.778. The minimum Gasteiger partial charge on any atom is -0.360 e. The van der Waals surface area contributed by atoms with E-state index in [1.165, 1.54) is 17.8 Å². The molecule has 0 radical (unpaired) electrons. The standard InChI is InChI=1S/C9H15N3O2S2/c1-7-11-8(15-12-7)10-5-9(3-4-9)6-16(2,13)14/h3-6H2,1-2H3,(H,10,11,12). The number of rotatable bonds is 5. The van der Waals surface area contributed by atoms with Gasteiger partial charge in [-0.25, -0.2) is 13.4 Å². The SMILES string of the molecule is Cc1nsc(NCC2(CS(C)(=O)=O)CC2)n1. The van der Waals surface area contributed by atoms with Crippen molar-refractivity contribution in [2.24, 2.45) is 5.41 Å². The molecule has 0 atom stereocenters. The van der Waals surface area contributed by atoms with E-state index < -0.39 is 9.84 Å². The second-order valence-electron chi connectivity index (χ2n) is 4.57. The van der Waals surface area contributed by atoms with Crippen LogP contribution in [0.4, 0.5) is 5.13 Å². The topological polar surface area (TPSA) is 72.0 Å². The smallest absolute Gasteiger partial charge is 0.202 e. The summed E-state index contributed by atoms with van der Waals surface area (Å²) in [5.74, 6) is 1.02. The fourth-order valence-electron chi connectivity index (χ4n) is 1.74. The van der Waals surface area contributed by atoms with Crippen molar-refractivity contribution in [1.29, 1.82) is 0 Å². The van der Waals surface area contributed by atoms with Crippen molar-refractivity contribution >= 4 is 26.5 Å². The van der Waals surface area contributed by atoms with Crippen LogP contribution in [0.15, 0.2) is 0 Å². The Balaban J connectivity index is 1.91. The molecule has 90 valence electrons. The number of anilines is 1. The highest BCUT2D eigenvalue weighted by Crippen LogP contribution is 2.46. The van der Waals surface area contributed by atoms with Crippen LogP contribution in [0.3, 0.4) is 0 Å². The molecule has 0 aliphatic heterocycles. The van der Waals surface area contributed by atoms with Crippen LogP contribution in [0.25, 0.3) is 0 Å². The van der Waals surface area contributed by atoms with Gasteiger partial charge in [0.15, 0.2) is 0 Å². The van der Waals surface area contributed by atoms with Gasteiger partial charge in [0.05, 0.1) is 5.75 Å². The van der Waals surface area contributed by atoms with E-state index in [-0.39, 0.29) is 11.2 Å². The molecule has 1 heterocycles. The van der Waals surface area contributed by atoms with Crippen LogP contribution in [0.2, 0.25) is 0 Å². The molecule has 0 saturated heterocycles. The molecular weight excluding hydrogens is 246 g/mol. The van der Waals surface area contributed by atoms with Gasteiger partial charge in [0.2, 0.25) is 5.13 Å². The molecule has 1 fully saturated rings. The number of aromatic nitrogens is 2. The molecule has 7 heteroatoms. The quantitative estimate of drug-likeness (QED) is 0.859. The first-order valence-electron chi connectivity index (χ1n) is 5.11. The maximum absolute atomic E-state index is 11.2. The van der Waals surface area contributed by atoms with E-state index in [9.17, 15) is 8.42 Å². The van der Waals surface area contributed by atoms with Crippen LogP contribution in [0.1, 0.15) is 18.7 Å². The zero-order chi connectivity index (χ0) is 11.8. The largest absolute Gasteiger partial charge is 0.360 e. The molecule has 1 aromatic heterocycles. The number of sulfone groups is 1. The van der Waals surface area contributed by atoms with E-state index >= 15 is 0 Å². The van der Waals surface area contributed by atoms with E-state index in [1.54, 1.807) is 0 Å². The molecule has 2 rings (SSSR count). The highest BCUT2D eigenvalue weighted by Gasteiger charge is 2.45. The molecule has 0 aromatic carbocycles. The number of nitrogens with zero attached hydrogens (tertiary/aromatic N) is 2. The van der Waals surface area contributed by atoms with Crippen molar-refractivity contribution < 1.29 is 8.42 Å². The lowest BCUT2D eigenvalue weighted by atomic mass is 10.1. The van der Waals surface area contributed by atoms with Crippen LogP contribution in [0.5, 0.6) is 0 Å². The van der Waals surface area contributed by atoms with Gasteiger partial charge in [-0.05, 0) is 19.8 Å². The van der Waals surface area contributed by atoms with Gasteiger partial charge in [-0.15, -0.1) is 0 Å². The number of hydrogen-bond donors (Lipinski definition) is 1. The molecular formula is C9H15N3O2S2. The van der Waals surface area contributed by atoms with Gasteiger partial charge in [-0.1, -0.05) is 0 Å². The third kappa shape index (κ3) is 3.15. The third-order valence-corrected chi connectivity index (χ3v) is 4.57. The monoisotopic (exact) mass is 261 g/mol. The first-order chi connectivity index (χ1) is 7.39. The maximum Gasteiger partial charge on any atom is 0.202 e. The summed E-state index contributed by atoms with van der Waals surface area (Å²) in [5.41, 5.74) is -0.0623. The van der Waals surface area contributed by atoms with Crippen molar-refractivity contribution in [1.82, 2.24) is 9.36 Å². The Labute approximate surface area is 99.4 Å². The first-order valence-corrected chi connectivity index (χ1v) is 7.94. The van der Waals surface area contributed by atoms with Crippen LogP contribution >= 0.6 is 11.5 Å². The van der Waals surface area contributed by atoms with Crippen molar-refractivity contribution in [3.05, 3.63) is 5.82 Å². The van der Waals surface area contributed by atoms with Gasteiger partial charge in [0, 0.05) is 29.7 Å². The molecule has 0 bridgehead atoms. The fourth-order valence-corrected chi connectivity index (χ4v) is 3.81. The van der Waals surface area contributed by atoms with E-state index in [0.717, 1.165) is 23.8 Å². The van der Waals surface area contributed by atoms with Crippen molar-refractivity contribution in [2.45, 2.75) is 19.8 Å². The van der Waals surface area contributed by atoms with E-state index in [1.807, 2.05) is 6.92 Å². The molecule has 1 aliphatic rings. The molecule has 1 aliphatic carbocycles. The molecule has 0 amide bonds. The summed E-state index contributed by atoms with van der Waals surface area (Å²) in [6.45, 7) is 2.51. The second kappa shape index (κ2) is 3.96. The first kappa shape index (κ1) is 11.8. The van der Waals surface area contributed by atoms with Gasteiger partial charge in [0.25, 0.3) is 0 Å². The second-order valence-corrected chi connectivity index (χ2v) is 7.46. The van der Waals surface area contributed by atoms with E-state index in [2.05, 4.69) is 14.7 Å². The number of aryl methyl sites for hydroxylation is 1. The Bertz CT molecular complexity index is 477. The molecule has 1 N–H and O–H groups in total. The Morgan fingerprint density at radius 3 is 2.62 bits per heavy atom. The van der Waals surface area contributed by atoms with Gasteiger partial charge >= 0.3 is 0 Å². The van der Waals surface area contributed by atoms with Crippen molar-refractivity contribution in [3.63, 3.8) is 0 Å². The summed E-state index contributed by atoms with van der Waals surface area (Å²) in [6, 6.07) is 0. The molecule has 0 spiro atoms. The zero-order valence-electron chi connectivity index (χ0n) is 9.36. The summed E-state index contributed by atoms with van der Waals surface area (Å²) in [6.07, 6.45) is 3.25. The summed E-state index contributed by atoms with van der Waals surface area (Å²) in [5, 5.41) is 3.95. The molecule has 1 saturated carbocycles. The number of hydrogen-bond acceptors (Lipinski definition) is 6. The van der Waals surface area contributed by atoms with Crippen molar-refractivity contribution in [3.8, 4) is 0 Å².